The van der Waals surface area contributed by atoms with Gasteiger partial charge in [0, 0.05) is 17.4 Å². The molecular formula is C22H24N4O3. The summed E-state index contributed by atoms with van der Waals surface area (Å²) >= 11 is 0. The van der Waals surface area contributed by atoms with Crippen molar-refractivity contribution < 1.29 is 14.3 Å². The third-order valence-electron chi connectivity index (χ3n) is 3.93. The number of aryl methyl sites for hydroxylation is 1. The summed E-state index contributed by atoms with van der Waals surface area (Å²) in [4.78, 5) is 20.6. The second-order valence-electron chi connectivity index (χ2n) is 6.70. The maximum atomic E-state index is 11.6. The van der Waals surface area contributed by atoms with Gasteiger partial charge in [-0.25, -0.2) is 9.78 Å². The van der Waals surface area contributed by atoms with Crippen molar-refractivity contribution in [1.82, 2.24) is 9.97 Å². The number of hydrogen-bond acceptors (Lipinski definition) is 7. The first-order valence-corrected chi connectivity index (χ1v) is 9.28. The van der Waals surface area contributed by atoms with Gasteiger partial charge < -0.3 is 20.1 Å². The Balaban J connectivity index is 1.79. The molecule has 7 nitrogen and oxygen atoms in total. The number of anilines is 4. The molecule has 0 spiro atoms. The molecule has 29 heavy (non-hydrogen) atoms. The van der Waals surface area contributed by atoms with E-state index in [0.29, 0.717) is 17.3 Å². The quantitative estimate of drug-likeness (QED) is 0.556. The molecule has 1 aromatic heterocycles. The molecule has 0 radical (unpaired) electrons. The van der Waals surface area contributed by atoms with Gasteiger partial charge in [0.1, 0.15) is 11.6 Å². The molecule has 0 aliphatic rings. The summed E-state index contributed by atoms with van der Waals surface area (Å²) in [5, 5.41) is 6.46. The lowest BCUT2D eigenvalue weighted by Gasteiger charge is -2.15. The fraction of sp³-hybridized carbons (Fsp3) is 0.227. The lowest BCUT2D eigenvalue weighted by molar-refractivity contribution is 0.0601. The largest absolute Gasteiger partial charge is 0.489 e. The number of benzene rings is 2. The third kappa shape index (κ3) is 5.44. The van der Waals surface area contributed by atoms with Crippen LogP contribution in [-0.2, 0) is 4.74 Å². The monoisotopic (exact) mass is 392 g/mol. The summed E-state index contributed by atoms with van der Waals surface area (Å²) in [6.45, 7) is 5.86. The van der Waals surface area contributed by atoms with Crippen LogP contribution in [0.4, 0.5) is 23.1 Å². The fourth-order valence-electron chi connectivity index (χ4n) is 2.69. The first-order valence-electron chi connectivity index (χ1n) is 9.28. The van der Waals surface area contributed by atoms with Gasteiger partial charge in [0.25, 0.3) is 0 Å². The molecule has 0 bridgehead atoms. The van der Waals surface area contributed by atoms with E-state index in [1.807, 2.05) is 51.1 Å². The van der Waals surface area contributed by atoms with Crippen LogP contribution >= 0.6 is 0 Å². The van der Waals surface area contributed by atoms with Gasteiger partial charge in [-0.3, -0.25) is 0 Å². The van der Waals surface area contributed by atoms with Gasteiger partial charge in [-0.15, -0.1) is 0 Å². The Labute approximate surface area is 170 Å². The van der Waals surface area contributed by atoms with Gasteiger partial charge in [-0.2, -0.15) is 4.98 Å². The normalized spacial score (nSPS) is 10.5. The van der Waals surface area contributed by atoms with Crippen molar-refractivity contribution in [3.8, 4) is 5.75 Å². The average Bonchev–Trinajstić information content (AvgIpc) is 2.68. The summed E-state index contributed by atoms with van der Waals surface area (Å²) in [7, 11) is 1.36. The molecule has 3 rings (SSSR count). The van der Waals surface area contributed by atoms with Crippen LogP contribution in [0.1, 0.15) is 29.9 Å². The highest BCUT2D eigenvalue weighted by Gasteiger charge is 2.09. The number of ether oxygens (including phenoxy) is 2. The number of rotatable bonds is 7. The zero-order valence-electron chi connectivity index (χ0n) is 16.9. The Hall–Kier alpha value is -3.61. The van der Waals surface area contributed by atoms with Crippen molar-refractivity contribution in [2.24, 2.45) is 0 Å². The Bertz CT molecular complexity index is 988. The van der Waals surface area contributed by atoms with E-state index in [4.69, 9.17) is 9.47 Å². The first-order chi connectivity index (χ1) is 13.9. The number of esters is 1. The minimum absolute atomic E-state index is 0.0570. The molecule has 2 aromatic carbocycles. The highest BCUT2D eigenvalue weighted by molar-refractivity contribution is 5.89. The summed E-state index contributed by atoms with van der Waals surface area (Å²) in [6, 6.07) is 16.5. The number of hydrogen-bond donors (Lipinski definition) is 2. The van der Waals surface area contributed by atoms with E-state index < -0.39 is 0 Å². The van der Waals surface area contributed by atoms with Crippen molar-refractivity contribution in [1.29, 1.82) is 0 Å². The maximum Gasteiger partial charge on any atom is 0.337 e. The molecule has 1 heterocycles. The number of carbonyl (C=O) groups is 1. The molecule has 3 aromatic rings. The van der Waals surface area contributed by atoms with E-state index in [1.54, 1.807) is 24.3 Å². The zero-order valence-corrected chi connectivity index (χ0v) is 16.9. The molecule has 0 saturated carbocycles. The minimum atomic E-state index is -0.372. The SMILES string of the molecule is COC(=O)c1ccc(Nc2cc(C)nc(Nc3ccccc3OC(C)C)n2)cc1. The van der Waals surface area contributed by atoms with E-state index in [1.165, 1.54) is 7.11 Å². The van der Waals surface area contributed by atoms with Gasteiger partial charge in [0.05, 0.1) is 24.5 Å². The van der Waals surface area contributed by atoms with Crippen LogP contribution in [0.3, 0.4) is 0 Å². The molecule has 0 aliphatic carbocycles. The Morgan fingerprint density at radius 3 is 2.41 bits per heavy atom. The zero-order chi connectivity index (χ0) is 20.8. The number of carbonyl (C=O) groups excluding carboxylic acids is 1. The molecule has 0 aliphatic heterocycles. The number of nitrogens with zero attached hydrogens (tertiary/aromatic N) is 2. The summed E-state index contributed by atoms with van der Waals surface area (Å²) in [5.41, 5.74) is 2.88. The van der Waals surface area contributed by atoms with Crippen LogP contribution in [0.2, 0.25) is 0 Å². The second-order valence-corrected chi connectivity index (χ2v) is 6.70. The van der Waals surface area contributed by atoms with Crippen LogP contribution in [0, 0.1) is 6.92 Å². The molecule has 2 N–H and O–H groups in total. The second kappa shape index (κ2) is 9.05. The van der Waals surface area contributed by atoms with Crippen LogP contribution < -0.4 is 15.4 Å². The molecule has 0 unspecified atom stereocenters. The van der Waals surface area contributed by atoms with Gasteiger partial charge in [0.2, 0.25) is 5.95 Å². The van der Waals surface area contributed by atoms with Gasteiger partial charge in [0.15, 0.2) is 0 Å². The van der Waals surface area contributed by atoms with E-state index in [0.717, 1.165) is 22.8 Å². The van der Waals surface area contributed by atoms with Crippen molar-refractivity contribution in [2.75, 3.05) is 17.7 Å². The molecule has 7 heteroatoms. The van der Waals surface area contributed by atoms with Crippen molar-refractivity contribution in [3.05, 3.63) is 65.9 Å². The lowest BCUT2D eigenvalue weighted by atomic mass is 10.2. The molecule has 0 amide bonds. The topological polar surface area (TPSA) is 85.4 Å². The van der Waals surface area contributed by atoms with E-state index in [9.17, 15) is 4.79 Å². The molecule has 0 atom stereocenters. The number of nitrogens with one attached hydrogen (secondary N) is 2. The molecule has 150 valence electrons. The lowest BCUT2D eigenvalue weighted by Crippen LogP contribution is -2.08. The van der Waals surface area contributed by atoms with Crippen molar-refractivity contribution in [2.45, 2.75) is 26.9 Å². The van der Waals surface area contributed by atoms with Crippen LogP contribution in [0.5, 0.6) is 5.75 Å². The summed E-state index contributed by atoms with van der Waals surface area (Å²) < 4.78 is 10.6. The van der Waals surface area contributed by atoms with E-state index in [-0.39, 0.29) is 12.1 Å². The summed E-state index contributed by atoms with van der Waals surface area (Å²) in [5.74, 6) is 1.45. The highest BCUT2D eigenvalue weighted by atomic mass is 16.5. The maximum absolute atomic E-state index is 11.6. The molecule has 0 fully saturated rings. The van der Waals surface area contributed by atoms with Crippen molar-refractivity contribution >= 4 is 29.1 Å². The fourth-order valence-corrected chi connectivity index (χ4v) is 2.69. The number of aromatic nitrogens is 2. The first kappa shape index (κ1) is 20.1. The van der Waals surface area contributed by atoms with Gasteiger partial charge in [-0.1, -0.05) is 12.1 Å². The van der Waals surface area contributed by atoms with Gasteiger partial charge in [-0.05, 0) is 57.2 Å². The molecule has 0 saturated heterocycles. The predicted octanol–water partition coefficient (Wildman–Crippen LogP) is 4.85. The third-order valence-corrected chi connectivity index (χ3v) is 3.93. The van der Waals surface area contributed by atoms with Gasteiger partial charge >= 0.3 is 5.97 Å². The highest BCUT2D eigenvalue weighted by Crippen LogP contribution is 2.28. The Morgan fingerprint density at radius 1 is 1.00 bits per heavy atom. The number of methoxy groups -OCH3 is 1. The summed E-state index contributed by atoms with van der Waals surface area (Å²) in [6.07, 6.45) is 0.0570. The van der Waals surface area contributed by atoms with Crippen molar-refractivity contribution in [3.63, 3.8) is 0 Å². The van der Waals surface area contributed by atoms with E-state index in [2.05, 4.69) is 20.6 Å². The standard InChI is InChI=1S/C22H24N4O3/c1-14(2)29-19-8-6-5-7-18(19)25-22-23-15(3)13-20(26-22)24-17-11-9-16(10-12-17)21(27)28-4/h5-14H,1-4H3,(H2,23,24,25,26). The molecular weight excluding hydrogens is 368 g/mol. The Morgan fingerprint density at radius 2 is 1.72 bits per heavy atom. The van der Waals surface area contributed by atoms with Crippen LogP contribution in [0.25, 0.3) is 0 Å². The van der Waals surface area contributed by atoms with Crippen LogP contribution in [0.15, 0.2) is 54.6 Å². The van der Waals surface area contributed by atoms with Crippen LogP contribution in [-0.4, -0.2) is 29.2 Å². The minimum Gasteiger partial charge on any atom is -0.489 e. The predicted molar refractivity (Wildman–Crippen MR) is 113 cm³/mol. The Kier molecular flexibility index (Phi) is 6.29. The smallest absolute Gasteiger partial charge is 0.337 e. The number of para-hydroxylation sites is 2. The average molecular weight is 392 g/mol. The van der Waals surface area contributed by atoms with E-state index >= 15 is 0 Å².